The molecule has 0 aliphatic heterocycles. The highest BCUT2D eigenvalue weighted by Gasteiger charge is 2.33. The van der Waals surface area contributed by atoms with Crippen molar-refractivity contribution in [3.63, 3.8) is 0 Å². The van der Waals surface area contributed by atoms with E-state index in [2.05, 4.69) is 9.72 Å². The highest BCUT2D eigenvalue weighted by Crippen LogP contribution is 2.28. The Morgan fingerprint density at radius 2 is 2.12 bits per heavy atom. The Kier molecular flexibility index (Phi) is 4.53. The second-order valence-electron chi connectivity index (χ2n) is 2.96. The molecule has 92 valence electrons. The van der Waals surface area contributed by atoms with Gasteiger partial charge in [-0.15, -0.1) is 13.2 Å². The zero-order valence-corrected chi connectivity index (χ0v) is 10.5. The highest BCUT2D eigenvalue weighted by atomic mass is 127. The standard InChI is InChI=1S/C9H7F3IN3O/c10-9(11,12)17-8-6(3-15)5(1-2-14)7(13)4-16-8/h4H,1,3,15H2. The van der Waals surface area contributed by atoms with E-state index in [-0.39, 0.29) is 18.5 Å². The second kappa shape index (κ2) is 5.50. The number of nitriles is 1. The molecule has 4 nitrogen and oxygen atoms in total. The van der Waals surface area contributed by atoms with Gasteiger partial charge >= 0.3 is 6.36 Å². The van der Waals surface area contributed by atoms with Crippen LogP contribution in [0.5, 0.6) is 5.88 Å². The number of nitrogens with two attached hydrogens (primary N) is 1. The zero-order valence-electron chi connectivity index (χ0n) is 8.38. The largest absolute Gasteiger partial charge is 0.574 e. The summed E-state index contributed by atoms with van der Waals surface area (Å²) in [4.78, 5) is 3.54. The van der Waals surface area contributed by atoms with Crippen LogP contribution < -0.4 is 10.5 Å². The van der Waals surface area contributed by atoms with Crippen molar-refractivity contribution in [1.29, 1.82) is 5.26 Å². The number of rotatable bonds is 3. The van der Waals surface area contributed by atoms with Crippen molar-refractivity contribution in [2.24, 2.45) is 5.73 Å². The van der Waals surface area contributed by atoms with Crippen LogP contribution in [-0.2, 0) is 13.0 Å². The van der Waals surface area contributed by atoms with Crippen molar-refractivity contribution in [1.82, 2.24) is 4.98 Å². The van der Waals surface area contributed by atoms with Gasteiger partial charge in [0, 0.05) is 21.9 Å². The molecule has 0 bridgehead atoms. The molecule has 0 aromatic carbocycles. The number of hydrogen-bond acceptors (Lipinski definition) is 4. The first-order valence-corrected chi connectivity index (χ1v) is 5.46. The van der Waals surface area contributed by atoms with Gasteiger partial charge in [-0.2, -0.15) is 5.26 Å². The second-order valence-corrected chi connectivity index (χ2v) is 4.12. The van der Waals surface area contributed by atoms with Crippen LogP contribution in [0.4, 0.5) is 13.2 Å². The summed E-state index contributed by atoms with van der Waals surface area (Å²) in [5, 5.41) is 8.61. The summed E-state index contributed by atoms with van der Waals surface area (Å²) in [6.07, 6.45) is -3.65. The van der Waals surface area contributed by atoms with E-state index in [4.69, 9.17) is 11.0 Å². The fraction of sp³-hybridized carbons (Fsp3) is 0.333. The van der Waals surface area contributed by atoms with E-state index in [9.17, 15) is 13.2 Å². The Bertz CT molecular complexity index is 456. The van der Waals surface area contributed by atoms with Crippen LogP contribution in [0, 0.1) is 14.9 Å². The van der Waals surface area contributed by atoms with Gasteiger partial charge < -0.3 is 10.5 Å². The highest BCUT2D eigenvalue weighted by molar-refractivity contribution is 14.1. The summed E-state index contributed by atoms with van der Waals surface area (Å²) < 4.78 is 40.7. The summed E-state index contributed by atoms with van der Waals surface area (Å²) in [7, 11) is 0. The van der Waals surface area contributed by atoms with E-state index in [0.717, 1.165) is 0 Å². The fourth-order valence-electron chi connectivity index (χ4n) is 1.22. The molecular weight excluding hydrogens is 350 g/mol. The lowest BCUT2D eigenvalue weighted by Gasteiger charge is -2.14. The first-order valence-electron chi connectivity index (χ1n) is 4.38. The van der Waals surface area contributed by atoms with Gasteiger partial charge in [-0.1, -0.05) is 0 Å². The summed E-state index contributed by atoms with van der Waals surface area (Å²) in [5.74, 6) is -0.592. The lowest BCUT2D eigenvalue weighted by molar-refractivity contribution is -0.276. The molecule has 1 aromatic heterocycles. The summed E-state index contributed by atoms with van der Waals surface area (Å²) in [6.45, 7) is -0.174. The van der Waals surface area contributed by atoms with E-state index in [0.29, 0.717) is 9.13 Å². The minimum Gasteiger partial charge on any atom is -0.388 e. The Morgan fingerprint density at radius 3 is 2.59 bits per heavy atom. The molecule has 0 amide bonds. The van der Waals surface area contributed by atoms with E-state index in [1.54, 1.807) is 0 Å². The third-order valence-electron chi connectivity index (χ3n) is 1.88. The van der Waals surface area contributed by atoms with Gasteiger partial charge in [0.25, 0.3) is 0 Å². The van der Waals surface area contributed by atoms with Gasteiger partial charge in [0.2, 0.25) is 5.88 Å². The van der Waals surface area contributed by atoms with Crippen molar-refractivity contribution < 1.29 is 17.9 Å². The van der Waals surface area contributed by atoms with Gasteiger partial charge in [0.1, 0.15) is 0 Å². The maximum atomic E-state index is 12.1. The molecule has 17 heavy (non-hydrogen) atoms. The van der Waals surface area contributed by atoms with Crippen LogP contribution in [0.25, 0.3) is 0 Å². The minimum absolute atomic E-state index is 0.0401. The number of alkyl halides is 3. The van der Waals surface area contributed by atoms with Gasteiger partial charge in [0.15, 0.2) is 0 Å². The van der Waals surface area contributed by atoms with E-state index in [1.165, 1.54) is 6.20 Å². The van der Waals surface area contributed by atoms with Crippen molar-refractivity contribution in [2.75, 3.05) is 0 Å². The average molecular weight is 357 g/mol. The van der Waals surface area contributed by atoms with Crippen LogP contribution in [0.3, 0.4) is 0 Å². The van der Waals surface area contributed by atoms with E-state index in [1.807, 2.05) is 28.7 Å². The molecule has 0 radical (unpaired) electrons. The van der Waals surface area contributed by atoms with Crippen LogP contribution in [-0.4, -0.2) is 11.3 Å². The smallest absolute Gasteiger partial charge is 0.388 e. The van der Waals surface area contributed by atoms with Crippen LogP contribution in [0.15, 0.2) is 6.20 Å². The average Bonchev–Trinajstić information content (AvgIpc) is 2.21. The van der Waals surface area contributed by atoms with E-state index >= 15 is 0 Å². The van der Waals surface area contributed by atoms with Crippen molar-refractivity contribution in [2.45, 2.75) is 19.3 Å². The summed E-state index contributed by atoms with van der Waals surface area (Å²) in [6, 6.07) is 1.86. The molecule has 1 heterocycles. The van der Waals surface area contributed by atoms with Gasteiger partial charge in [-0.05, 0) is 28.2 Å². The number of aromatic nitrogens is 1. The molecule has 0 fully saturated rings. The number of hydrogen-bond donors (Lipinski definition) is 1. The number of halogens is 4. The number of pyridine rings is 1. The van der Waals surface area contributed by atoms with Gasteiger partial charge in [-0.3, -0.25) is 0 Å². The van der Waals surface area contributed by atoms with Gasteiger partial charge in [-0.25, -0.2) is 4.98 Å². The molecule has 1 rings (SSSR count). The number of ether oxygens (including phenoxy) is 1. The molecule has 0 atom stereocenters. The van der Waals surface area contributed by atoms with Gasteiger partial charge in [0.05, 0.1) is 12.5 Å². The maximum absolute atomic E-state index is 12.1. The monoisotopic (exact) mass is 357 g/mol. The molecule has 0 spiro atoms. The topological polar surface area (TPSA) is 71.9 Å². The number of nitrogens with zero attached hydrogens (tertiary/aromatic N) is 2. The Labute approximate surface area is 109 Å². The van der Waals surface area contributed by atoms with Crippen LogP contribution in [0.1, 0.15) is 11.1 Å². The van der Waals surface area contributed by atoms with Crippen molar-refractivity contribution in [3.05, 3.63) is 20.9 Å². The van der Waals surface area contributed by atoms with Crippen molar-refractivity contribution in [3.8, 4) is 11.9 Å². The first-order chi connectivity index (χ1) is 7.89. The van der Waals surface area contributed by atoms with Crippen molar-refractivity contribution >= 4 is 22.6 Å². The van der Waals surface area contributed by atoms with Crippen LogP contribution >= 0.6 is 22.6 Å². The third kappa shape index (κ3) is 3.71. The molecule has 0 aliphatic rings. The Morgan fingerprint density at radius 1 is 1.47 bits per heavy atom. The maximum Gasteiger partial charge on any atom is 0.574 e. The fourth-order valence-corrected chi connectivity index (χ4v) is 1.88. The molecule has 0 saturated carbocycles. The molecule has 0 unspecified atom stereocenters. The quantitative estimate of drug-likeness (QED) is 0.842. The molecular formula is C9H7F3IN3O. The molecule has 8 heteroatoms. The predicted octanol–water partition coefficient (Wildman–Crippen LogP) is 2.11. The Balaban J connectivity index is 3.24. The summed E-state index contributed by atoms with van der Waals surface area (Å²) >= 11 is 1.88. The SMILES string of the molecule is N#CCc1c(I)cnc(OC(F)(F)F)c1CN. The minimum atomic E-state index is -4.83. The third-order valence-corrected chi connectivity index (χ3v) is 2.81. The first kappa shape index (κ1) is 14.0. The zero-order chi connectivity index (χ0) is 13.1. The predicted molar refractivity (Wildman–Crippen MR) is 60.8 cm³/mol. The normalized spacial score (nSPS) is 11.1. The molecule has 1 aromatic rings. The lowest BCUT2D eigenvalue weighted by Crippen LogP contribution is -2.20. The summed E-state index contributed by atoms with van der Waals surface area (Å²) in [5.41, 5.74) is 5.90. The lowest BCUT2D eigenvalue weighted by atomic mass is 10.1. The molecule has 0 aliphatic carbocycles. The molecule has 0 saturated heterocycles. The molecule has 2 N–H and O–H groups in total. The van der Waals surface area contributed by atoms with E-state index < -0.39 is 12.2 Å². The Hall–Kier alpha value is -1.08. The van der Waals surface area contributed by atoms with Crippen LogP contribution in [0.2, 0.25) is 0 Å².